The number of nitriles is 1. The molecule has 1 aromatic carbocycles. The van der Waals surface area contributed by atoms with Crippen LogP contribution in [0.15, 0.2) is 24.3 Å². The van der Waals surface area contributed by atoms with Gasteiger partial charge in [0.2, 0.25) is 0 Å². The summed E-state index contributed by atoms with van der Waals surface area (Å²) in [6, 6.07) is 8.81. The Balaban J connectivity index is 2.82. The normalized spacial score (nSPS) is 12.0. The van der Waals surface area contributed by atoms with E-state index in [0.717, 1.165) is 0 Å². The van der Waals surface area contributed by atoms with Gasteiger partial charge in [0.15, 0.2) is 0 Å². The molecule has 1 atom stereocenters. The Kier molecular flexibility index (Phi) is 2.90. The third kappa shape index (κ3) is 2.11. The quantitative estimate of drug-likeness (QED) is 0.632. The molecule has 0 bridgehead atoms. The molecule has 0 aliphatic carbocycles. The second-order valence-electron chi connectivity index (χ2n) is 2.55. The lowest BCUT2D eigenvalue weighted by atomic mass is 9.93. The minimum Gasteiger partial charge on any atom is -0.387 e. The Bertz CT molecular complexity index is 306. The second kappa shape index (κ2) is 3.94. The summed E-state index contributed by atoms with van der Waals surface area (Å²) in [6.45, 7) is 0. The van der Waals surface area contributed by atoms with Crippen LogP contribution in [0.3, 0.4) is 0 Å². The highest BCUT2D eigenvalue weighted by molar-refractivity contribution is 6.32. The molecule has 3 heteroatoms. The van der Waals surface area contributed by atoms with Crippen molar-refractivity contribution in [3.8, 4) is 6.07 Å². The van der Waals surface area contributed by atoms with Gasteiger partial charge in [0.05, 0.1) is 18.6 Å². The molecule has 0 aliphatic rings. The molecule has 0 fully saturated rings. The average molecular weight is 157 g/mol. The van der Waals surface area contributed by atoms with Crippen LogP contribution in [0.5, 0.6) is 0 Å². The van der Waals surface area contributed by atoms with Gasteiger partial charge in [0.25, 0.3) is 0 Å². The van der Waals surface area contributed by atoms with E-state index < -0.39 is 6.10 Å². The monoisotopic (exact) mass is 157 g/mol. The van der Waals surface area contributed by atoms with Gasteiger partial charge < -0.3 is 5.11 Å². The van der Waals surface area contributed by atoms with E-state index in [-0.39, 0.29) is 6.42 Å². The van der Waals surface area contributed by atoms with Crippen LogP contribution in [-0.2, 0) is 0 Å². The number of hydrogen-bond donors (Lipinski definition) is 1. The van der Waals surface area contributed by atoms with Gasteiger partial charge in [-0.15, -0.1) is 0 Å². The summed E-state index contributed by atoms with van der Waals surface area (Å²) in [4.78, 5) is 0. The number of nitrogens with zero attached hydrogens (tertiary/aromatic N) is 1. The lowest BCUT2D eigenvalue weighted by molar-refractivity contribution is 0.183. The van der Waals surface area contributed by atoms with E-state index in [2.05, 4.69) is 0 Å². The van der Waals surface area contributed by atoms with Crippen molar-refractivity contribution in [2.75, 3.05) is 0 Å². The van der Waals surface area contributed by atoms with Gasteiger partial charge in [-0.05, 0) is 5.56 Å². The van der Waals surface area contributed by atoms with Crippen LogP contribution >= 0.6 is 0 Å². The van der Waals surface area contributed by atoms with Crippen LogP contribution in [0.4, 0.5) is 0 Å². The molecule has 2 radical (unpaired) electrons. The number of aliphatic hydroxyl groups excluding tert-OH is 1. The molecule has 0 saturated heterocycles. The zero-order valence-corrected chi connectivity index (χ0v) is 6.57. The molecule has 1 N–H and O–H groups in total. The van der Waals surface area contributed by atoms with Crippen molar-refractivity contribution >= 4 is 13.3 Å². The van der Waals surface area contributed by atoms with Crippen LogP contribution in [-0.4, -0.2) is 13.0 Å². The number of benzene rings is 1. The zero-order chi connectivity index (χ0) is 8.97. The third-order valence-electron chi connectivity index (χ3n) is 1.58. The molecule has 1 unspecified atom stereocenters. The molecule has 0 saturated carbocycles. The lowest BCUT2D eigenvalue weighted by Gasteiger charge is -2.06. The van der Waals surface area contributed by atoms with Gasteiger partial charge in [-0.3, -0.25) is 0 Å². The van der Waals surface area contributed by atoms with Gasteiger partial charge >= 0.3 is 0 Å². The molecule has 0 aliphatic heterocycles. The van der Waals surface area contributed by atoms with Gasteiger partial charge in [-0.25, -0.2) is 0 Å². The molecule has 2 nitrogen and oxygen atoms in total. The summed E-state index contributed by atoms with van der Waals surface area (Å²) >= 11 is 0. The molecule has 0 spiro atoms. The Labute approximate surface area is 72.9 Å². The van der Waals surface area contributed by atoms with Crippen molar-refractivity contribution in [1.82, 2.24) is 0 Å². The summed E-state index contributed by atoms with van der Waals surface area (Å²) in [6.07, 6.45) is -0.623. The van der Waals surface area contributed by atoms with Gasteiger partial charge in [0.1, 0.15) is 7.85 Å². The van der Waals surface area contributed by atoms with Gasteiger partial charge in [0, 0.05) is 0 Å². The Morgan fingerprint density at radius 3 is 2.92 bits per heavy atom. The maximum absolute atomic E-state index is 9.37. The van der Waals surface area contributed by atoms with Gasteiger partial charge in [-0.1, -0.05) is 29.7 Å². The Hall–Kier alpha value is -1.27. The summed E-state index contributed by atoms with van der Waals surface area (Å²) < 4.78 is 0. The highest BCUT2D eigenvalue weighted by atomic mass is 16.3. The average Bonchev–Trinajstić information content (AvgIpc) is 2.05. The summed E-state index contributed by atoms with van der Waals surface area (Å²) in [5, 5.41) is 17.7. The number of rotatable bonds is 2. The Morgan fingerprint density at radius 1 is 1.58 bits per heavy atom. The molecule has 1 rings (SSSR count). The smallest absolute Gasteiger partial charge is 0.113 e. The van der Waals surface area contributed by atoms with Crippen molar-refractivity contribution in [3.05, 3.63) is 29.8 Å². The highest BCUT2D eigenvalue weighted by Crippen LogP contribution is 2.13. The fourth-order valence-electron chi connectivity index (χ4n) is 0.971. The van der Waals surface area contributed by atoms with E-state index in [1.54, 1.807) is 24.3 Å². The summed E-state index contributed by atoms with van der Waals surface area (Å²) in [5.41, 5.74) is 1.29. The standard InChI is InChI=1S/C9H8BNO/c10-8-3-1-2-7(6-8)9(12)4-5-11/h1-3,6,9,12H,4H2. The predicted molar refractivity (Wildman–Crippen MR) is 47.0 cm³/mol. The maximum Gasteiger partial charge on any atom is 0.113 e. The Morgan fingerprint density at radius 2 is 2.33 bits per heavy atom. The minimum atomic E-state index is -0.724. The predicted octanol–water partition coefficient (Wildman–Crippen LogP) is 0.427. The van der Waals surface area contributed by atoms with E-state index in [9.17, 15) is 5.11 Å². The zero-order valence-electron chi connectivity index (χ0n) is 6.57. The van der Waals surface area contributed by atoms with Crippen LogP contribution < -0.4 is 5.46 Å². The third-order valence-corrected chi connectivity index (χ3v) is 1.58. The molecule has 0 amide bonds. The number of hydrogen-bond acceptors (Lipinski definition) is 2. The lowest BCUT2D eigenvalue weighted by Crippen LogP contribution is -2.05. The van der Waals surface area contributed by atoms with Crippen LogP contribution in [0.25, 0.3) is 0 Å². The molecule has 12 heavy (non-hydrogen) atoms. The first kappa shape index (κ1) is 8.83. The van der Waals surface area contributed by atoms with E-state index >= 15 is 0 Å². The number of aliphatic hydroxyl groups is 1. The van der Waals surface area contributed by atoms with Crippen molar-refractivity contribution in [3.63, 3.8) is 0 Å². The second-order valence-corrected chi connectivity index (χ2v) is 2.55. The van der Waals surface area contributed by atoms with Crippen LogP contribution in [0.1, 0.15) is 18.1 Å². The molecule has 1 aromatic rings. The fraction of sp³-hybridized carbons (Fsp3) is 0.222. The van der Waals surface area contributed by atoms with Crippen molar-refractivity contribution in [2.45, 2.75) is 12.5 Å². The van der Waals surface area contributed by atoms with Crippen molar-refractivity contribution in [2.24, 2.45) is 0 Å². The van der Waals surface area contributed by atoms with Crippen LogP contribution in [0.2, 0.25) is 0 Å². The van der Waals surface area contributed by atoms with E-state index in [0.29, 0.717) is 11.0 Å². The first-order valence-electron chi connectivity index (χ1n) is 3.64. The first-order chi connectivity index (χ1) is 5.74. The van der Waals surface area contributed by atoms with E-state index in [1.807, 2.05) is 6.07 Å². The maximum atomic E-state index is 9.37. The summed E-state index contributed by atoms with van der Waals surface area (Å²) in [5.74, 6) is 0. The topological polar surface area (TPSA) is 44.0 Å². The van der Waals surface area contributed by atoms with E-state index in [4.69, 9.17) is 13.1 Å². The highest BCUT2D eigenvalue weighted by Gasteiger charge is 2.05. The summed E-state index contributed by atoms with van der Waals surface area (Å²) in [7, 11) is 5.50. The van der Waals surface area contributed by atoms with Crippen molar-refractivity contribution in [1.29, 1.82) is 5.26 Å². The fourth-order valence-corrected chi connectivity index (χ4v) is 0.971. The largest absolute Gasteiger partial charge is 0.387 e. The molecule has 0 aromatic heterocycles. The molecule has 58 valence electrons. The first-order valence-corrected chi connectivity index (χ1v) is 3.64. The molecule has 0 heterocycles. The SMILES string of the molecule is [B]c1cccc(C(O)CC#N)c1. The molecular weight excluding hydrogens is 149 g/mol. The van der Waals surface area contributed by atoms with Crippen molar-refractivity contribution < 1.29 is 5.11 Å². The molecular formula is C9H8BNO. The van der Waals surface area contributed by atoms with Gasteiger partial charge in [-0.2, -0.15) is 5.26 Å². The minimum absolute atomic E-state index is 0.101. The van der Waals surface area contributed by atoms with E-state index in [1.165, 1.54) is 0 Å². The van der Waals surface area contributed by atoms with Crippen LogP contribution in [0, 0.1) is 11.3 Å².